The highest BCUT2D eigenvalue weighted by molar-refractivity contribution is 7.92. The largest absolute Gasteiger partial charge is 0.330 e. The van der Waals surface area contributed by atoms with Gasteiger partial charge in [-0.3, -0.25) is 9.10 Å². The van der Waals surface area contributed by atoms with Crippen molar-refractivity contribution in [1.82, 2.24) is 9.62 Å². The van der Waals surface area contributed by atoms with Gasteiger partial charge in [0, 0.05) is 32.4 Å². The Kier molecular flexibility index (Phi) is 11.1. The number of carbonyl (C=O) groups is 1. The minimum absolute atomic E-state index is 0.177. The number of amides is 1. The van der Waals surface area contributed by atoms with Gasteiger partial charge in [-0.1, -0.05) is 19.9 Å². The molecule has 1 aliphatic rings. The third kappa shape index (κ3) is 8.50. The van der Waals surface area contributed by atoms with Crippen LogP contribution in [0.3, 0.4) is 0 Å². The Bertz CT molecular complexity index is 1350. The van der Waals surface area contributed by atoms with E-state index in [0.717, 1.165) is 41.8 Å². The fraction of sp³-hybridized carbons (Fsp3) is 0.536. The fourth-order valence-electron chi connectivity index (χ4n) is 4.90. The van der Waals surface area contributed by atoms with Crippen molar-refractivity contribution >= 4 is 37.3 Å². The van der Waals surface area contributed by atoms with E-state index < -0.39 is 26.0 Å². The first-order chi connectivity index (χ1) is 18.8. The summed E-state index contributed by atoms with van der Waals surface area (Å²) < 4.78 is 53.5. The molecule has 222 valence electrons. The lowest BCUT2D eigenvalue weighted by Crippen LogP contribution is -2.38. The Morgan fingerprint density at radius 2 is 1.73 bits per heavy atom. The molecular formula is C28H43N5O5S2. The van der Waals surface area contributed by atoms with Crippen molar-refractivity contribution in [2.75, 3.05) is 49.1 Å². The van der Waals surface area contributed by atoms with Gasteiger partial charge in [0.25, 0.3) is 5.91 Å². The van der Waals surface area contributed by atoms with Gasteiger partial charge in [0.1, 0.15) is 0 Å². The second-order valence-corrected chi connectivity index (χ2v) is 14.8. The molecule has 1 heterocycles. The Balaban J connectivity index is 1.75. The number of benzene rings is 2. The zero-order chi connectivity index (χ0) is 29.5. The molecule has 3 rings (SSSR count). The summed E-state index contributed by atoms with van der Waals surface area (Å²) in [6.45, 7) is 7.16. The van der Waals surface area contributed by atoms with Gasteiger partial charge in [-0.25, -0.2) is 16.8 Å². The molecule has 0 saturated carbocycles. The molecule has 2 aromatic rings. The van der Waals surface area contributed by atoms with E-state index in [1.54, 1.807) is 30.3 Å². The third-order valence-corrected chi connectivity index (χ3v) is 10.3. The molecule has 1 amide bonds. The first-order valence-corrected chi connectivity index (χ1v) is 17.0. The SMILES string of the molecule is CC(C)CC1CCN(S(=O)(=O)c2ccc(NC(=O)c3cc(CNCCCN)ccc3N(C)S(C)(=O)=O)cc2)CC1. The number of anilines is 2. The van der Waals surface area contributed by atoms with Gasteiger partial charge >= 0.3 is 0 Å². The van der Waals surface area contributed by atoms with Gasteiger partial charge in [-0.15, -0.1) is 0 Å². The highest BCUT2D eigenvalue weighted by Crippen LogP contribution is 2.29. The number of sulfonamides is 2. The molecule has 2 aromatic carbocycles. The molecule has 0 atom stereocenters. The molecule has 1 fully saturated rings. The maximum atomic E-state index is 13.3. The van der Waals surface area contributed by atoms with Crippen LogP contribution in [0, 0.1) is 11.8 Å². The summed E-state index contributed by atoms with van der Waals surface area (Å²) in [6.07, 6.45) is 4.71. The number of hydrogen-bond acceptors (Lipinski definition) is 7. The minimum atomic E-state index is -3.63. The molecule has 1 aliphatic heterocycles. The zero-order valence-corrected chi connectivity index (χ0v) is 25.5. The second-order valence-electron chi connectivity index (χ2n) is 10.9. The van der Waals surface area contributed by atoms with Crippen molar-refractivity contribution in [1.29, 1.82) is 0 Å². The van der Waals surface area contributed by atoms with Gasteiger partial charge in [0.2, 0.25) is 20.0 Å². The predicted octanol–water partition coefficient (Wildman–Crippen LogP) is 3.22. The summed E-state index contributed by atoms with van der Waals surface area (Å²) >= 11 is 0. The highest BCUT2D eigenvalue weighted by Gasteiger charge is 2.29. The molecule has 4 N–H and O–H groups in total. The zero-order valence-electron chi connectivity index (χ0n) is 23.9. The predicted molar refractivity (Wildman–Crippen MR) is 160 cm³/mol. The van der Waals surface area contributed by atoms with Gasteiger partial charge in [-0.05, 0) is 92.6 Å². The Morgan fingerprint density at radius 1 is 1.07 bits per heavy atom. The van der Waals surface area contributed by atoms with Gasteiger partial charge in [0.15, 0.2) is 0 Å². The summed E-state index contributed by atoms with van der Waals surface area (Å²) in [4.78, 5) is 13.5. The van der Waals surface area contributed by atoms with E-state index in [-0.39, 0.29) is 16.1 Å². The number of hydrogen-bond donors (Lipinski definition) is 3. The van der Waals surface area contributed by atoms with E-state index >= 15 is 0 Å². The first kappa shape index (κ1) is 32.0. The van der Waals surface area contributed by atoms with Crippen molar-refractivity contribution in [2.24, 2.45) is 17.6 Å². The number of nitrogens with zero attached hydrogens (tertiary/aromatic N) is 2. The maximum Gasteiger partial charge on any atom is 0.257 e. The Hall–Kier alpha value is -2.51. The summed E-state index contributed by atoms with van der Waals surface area (Å²) in [6, 6.07) is 11.1. The van der Waals surface area contributed by atoms with Gasteiger partial charge in [-0.2, -0.15) is 4.31 Å². The van der Waals surface area contributed by atoms with Crippen LogP contribution in [-0.4, -0.2) is 66.5 Å². The van der Waals surface area contributed by atoms with Crippen LogP contribution in [0.25, 0.3) is 0 Å². The Labute approximate surface area is 239 Å². The molecule has 0 aromatic heterocycles. The summed E-state index contributed by atoms with van der Waals surface area (Å²) in [5, 5.41) is 6.04. The third-order valence-electron chi connectivity index (χ3n) is 7.16. The first-order valence-electron chi connectivity index (χ1n) is 13.7. The van der Waals surface area contributed by atoms with Crippen LogP contribution in [-0.2, 0) is 26.6 Å². The molecule has 0 bridgehead atoms. The second kappa shape index (κ2) is 13.9. The van der Waals surface area contributed by atoms with Crippen LogP contribution >= 0.6 is 0 Å². The standard InChI is InChI=1S/C28H43N5O5S2/c1-21(2)18-22-12-16-33(17-13-22)40(37,38)25-9-7-24(8-10-25)31-28(34)26-19-23(20-30-15-5-14-29)6-11-27(26)32(3)39(4,35)36/h6-11,19,21-22,30H,5,12-18,20,29H2,1-4H3,(H,31,34). The highest BCUT2D eigenvalue weighted by atomic mass is 32.2. The van der Waals surface area contributed by atoms with Crippen LogP contribution in [0.2, 0.25) is 0 Å². The lowest BCUT2D eigenvalue weighted by Gasteiger charge is -2.32. The van der Waals surface area contributed by atoms with E-state index in [1.807, 2.05) is 0 Å². The smallest absolute Gasteiger partial charge is 0.257 e. The van der Waals surface area contributed by atoms with E-state index in [9.17, 15) is 21.6 Å². The quantitative estimate of drug-likeness (QED) is 0.303. The molecule has 0 aliphatic carbocycles. The van der Waals surface area contributed by atoms with Crippen LogP contribution < -0.4 is 20.7 Å². The molecule has 0 radical (unpaired) electrons. The normalized spacial score (nSPS) is 15.3. The summed E-state index contributed by atoms with van der Waals surface area (Å²) in [5.74, 6) is 0.646. The number of carbonyl (C=O) groups excluding carboxylic acids is 1. The van der Waals surface area contributed by atoms with Crippen molar-refractivity contribution in [3.05, 3.63) is 53.6 Å². The van der Waals surface area contributed by atoms with Crippen molar-refractivity contribution in [3.8, 4) is 0 Å². The van der Waals surface area contributed by atoms with E-state index in [4.69, 9.17) is 5.73 Å². The topological polar surface area (TPSA) is 142 Å². The van der Waals surface area contributed by atoms with Crippen LogP contribution in [0.1, 0.15) is 55.5 Å². The number of piperidine rings is 1. The van der Waals surface area contributed by atoms with E-state index in [1.165, 1.54) is 23.5 Å². The van der Waals surface area contributed by atoms with E-state index in [2.05, 4.69) is 24.5 Å². The number of nitrogens with two attached hydrogens (primary N) is 1. The molecular weight excluding hydrogens is 550 g/mol. The number of rotatable bonds is 13. The average Bonchev–Trinajstić information content (AvgIpc) is 2.90. The van der Waals surface area contributed by atoms with E-state index in [0.29, 0.717) is 50.2 Å². The monoisotopic (exact) mass is 593 g/mol. The van der Waals surface area contributed by atoms with Crippen molar-refractivity contribution in [3.63, 3.8) is 0 Å². The Morgan fingerprint density at radius 3 is 2.30 bits per heavy atom. The molecule has 12 heteroatoms. The maximum absolute atomic E-state index is 13.3. The lowest BCUT2D eigenvalue weighted by molar-refractivity contribution is 0.102. The van der Waals surface area contributed by atoms with Gasteiger partial charge < -0.3 is 16.4 Å². The molecule has 10 nitrogen and oxygen atoms in total. The van der Waals surface area contributed by atoms with Crippen LogP contribution in [0.15, 0.2) is 47.4 Å². The molecule has 0 spiro atoms. The summed E-state index contributed by atoms with van der Waals surface area (Å²) in [7, 11) is -5.85. The fourth-order valence-corrected chi connectivity index (χ4v) is 6.88. The summed E-state index contributed by atoms with van der Waals surface area (Å²) in [5.41, 5.74) is 7.18. The molecule has 0 unspecified atom stereocenters. The lowest BCUT2D eigenvalue weighted by atomic mass is 9.89. The van der Waals surface area contributed by atoms with Crippen LogP contribution in [0.5, 0.6) is 0 Å². The molecule has 40 heavy (non-hydrogen) atoms. The average molecular weight is 594 g/mol. The molecule has 1 saturated heterocycles. The van der Waals surface area contributed by atoms with Gasteiger partial charge in [0.05, 0.1) is 22.4 Å². The van der Waals surface area contributed by atoms with Crippen molar-refractivity contribution in [2.45, 2.75) is 51.0 Å². The number of nitrogens with one attached hydrogen (secondary N) is 2. The van der Waals surface area contributed by atoms with Crippen molar-refractivity contribution < 1.29 is 21.6 Å². The minimum Gasteiger partial charge on any atom is -0.330 e. The van der Waals surface area contributed by atoms with Crippen LogP contribution in [0.4, 0.5) is 11.4 Å².